The Balaban J connectivity index is 1.91. The molecule has 4 nitrogen and oxygen atoms in total. The van der Waals surface area contributed by atoms with Crippen molar-refractivity contribution in [1.29, 1.82) is 0 Å². The number of benzene rings is 3. The summed E-state index contributed by atoms with van der Waals surface area (Å²) in [7, 11) is 0. The van der Waals surface area contributed by atoms with Gasteiger partial charge in [0, 0.05) is 33.0 Å². The van der Waals surface area contributed by atoms with Gasteiger partial charge in [0.1, 0.15) is 0 Å². The van der Waals surface area contributed by atoms with Crippen LogP contribution >= 0.6 is 11.6 Å². The van der Waals surface area contributed by atoms with Crippen molar-refractivity contribution in [3.63, 3.8) is 0 Å². The second-order valence-corrected chi connectivity index (χ2v) is 8.13. The molecule has 0 radical (unpaired) electrons. The van der Waals surface area contributed by atoms with Crippen molar-refractivity contribution in [2.24, 2.45) is 0 Å². The Morgan fingerprint density at radius 1 is 0.964 bits per heavy atom. The molecule has 5 rings (SSSR count). The molecule has 5 heteroatoms. The van der Waals surface area contributed by atoms with Crippen LogP contribution in [0.3, 0.4) is 0 Å². The van der Waals surface area contributed by atoms with Crippen molar-refractivity contribution >= 4 is 28.2 Å². The number of fused-ring (bicyclic) bond motifs is 5. The Bertz CT molecular complexity index is 1290. The number of nitrogens with one attached hydrogen (secondary N) is 1. The summed E-state index contributed by atoms with van der Waals surface area (Å²) in [4.78, 5) is 14.9. The van der Waals surface area contributed by atoms with Crippen molar-refractivity contribution in [3.05, 3.63) is 86.9 Å². The van der Waals surface area contributed by atoms with Gasteiger partial charge in [-0.15, -0.1) is 0 Å². The Labute approximate surface area is 166 Å². The van der Waals surface area contributed by atoms with Crippen LogP contribution in [0, 0.1) is 10.1 Å². The van der Waals surface area contributed by atoms with Crippen molar-refractivity contribution in [3.8, 4) is 22.4 Å². The zero-order valence-electron chi connectivity index (χ0n) is 15.4. The van der Waals surface area contributed by atoms with Gasteiger partial charge in [0.15, 0.2) is 0 Å². The fraction of sp³-hybridized carbons (Fsp3) is 0.130. The molecule has 1 N–H and O–H groups in total. The van der Waals surface area contributed by atoms with E-state index in [0.717, 1.165) is 22.2 Å². The topological polar surface area (TPSA) is 58.9 Å². The monoisotopic (exact) mass is 388 g/mol. The summed E-state index contributed by atoms with van der Waals surface area (Å²) in [6, 6.07) is 19.0. The first kappa shape index (κ1) is 17.0. The average Bonchev–Trinajstić information content (AvgIpc) is 3.16. The summed E-state index contributed by atoms with van der Waals surface area (Å²) in [6.45, 7) is 4.40. The van der Waals surface area contributed by atoms with Crippen LogP contribution in [-0.4, -0.2) is 9.91 Å². The quantitative estimate of drug-likeness (QED) is 0.306. The van der Waals surface area contributed by atoms with E-state index in [4.69, 9.17) is 11.6 Å². The van der Waals surface area contributed by atoms with Gasteiger partial charge < -0.3 is 4.98 Å². The van der Waals surface area contributed by atoms with Crippen molar-refractivity contribution < 1.29 is 4.92 Å². The van der Waals surface area contributed by atoms with E-state index < -0.39 is 0 Å². The van der Waals surface area contributed by atoms with Gasteiger partial charge in [-0.3, -0.25) is 10.1 Å². The lowest BCUT2D eigenvalue weighted by Gasteiger charge is -2.22. The summed E-state index contributed by atoms with van der Waals surface area (Å²) < 4.78 is 0. The van der Waals surface area contributed by atoms with E-state index in [9.17, 15) is 10.1 Å². The molecule has 3 aromatic carbocycles. The highest BCUT2D eigenvalue weighted by molar-refractivity contribution is 6.31. The van der Waals surface area contributed by atoms with E-state index in [2.05, 4.69) is 37.0 Å². The van der Waals surface area contributed by atoms with Crippen LogP contribution in [0.5, 0.6) is 0 Å². The van der Waals surface area contributed by atoms with Gasteiger partial charge in [-0.1, -0.05) is 61.8 Å². The molecule has 1 aromatic heterocycles. The molecule has 0 amide bonds. The first-order valence-corrected chi connectivity index (χ1v) is 9.47. The fourth-order valence-electron chi connectivity index (χ4n) is 4.56. The van der Waals surface area contributed by atoms with E-state index in [1.807, 2.05) is 24.3 Å². The first-order chi connectivity index (χ1) is 13.4. The van der Waals surface area contributed by atoms with Crippen molar-refractivity contribution in [2.75, 3.05) is 0 Å². The number of halogens is 1. The maximum atomic E-state index is 11.7. The average molecular weight is 389 g/mol. The molecule has 1 aliphatic rings. The summed E-state index contributed by atoms with van der Waals surface area (Å²) in [6.07, 6.45) is 0. The maximum absolute atomic E-state index is 11.7. The highest BCUT2D eigenvalue weighted by Crippen LogP contribution is 2.53. The van der Waals surface area contributed by atoms with Gasteiger partial charge in [-0.05, 0) is 34.9 Å². The van der Waals surface area contributed by atoms with Gasteiger partial charge in [0.2, 0.25) is 0 Å². The van der Waals surface area contributed by atoms with Gasteiger partial charge in [-0.25, -0.2) is 0 Å². The molecule has 0 saturated carbocycles. The number of aromatic amines is 1. The Morgan fingerprint density at radius 2 is 1.71 bits per heavy atom. The van der Waals surface area contributed by atoms with Crippen LogP contribution in [-0.2, 0) is 5.41 Å². The van der Waals surface area contributed by atoms with E-state index in [0.29, 0.717) is 10.6 Å². The minimum absolute atomic E-state index is 0.0557. The number of nitrogens with zero attached hydrogens (tertiary/aromatic N) is 1. The molecule has 4 aromatic rings. The van der Waals surface area contributed by atoms with Crippen LogP contribution in [0.15, 0.2) is 60.7 Å². The summed E-state index contributed by atoms with van der Waals surface area (Å²) in [5, 5.41) is 13.2. The lowest BCUT2D eigenvalue weighted by Crippen LogP contribution is -2.15. The van der Waals surface area contributed by atoms with Gasteiger partial charge >= 0.3 is 0 Å². The molecule has 0 atom stereocenters. The number of hydrogen-bond donors (Lipinski definition) is 1. The lowest BCUT2D eigenvalue weighted by molar-refractivity contribution is -0.384. The smallest absolute Gasteiger partial charge is 0.277 e. The van der Waals surface area contributed by atoms with Crippen molar-refractivity contribution in [1.82, 2.24) is 4.98 Å². The second kappa shape index (κ2) is 5.69. The molecule has 0 unspecified atom stereocenters. The van der Waals surface area contributed by atoms with Crippen LogP contribution < -0.4 is 0 Å². The predicted molar refractivity (Wildman–Crippen MR) is 113 cm³/mol. The third-order valence-electron chi connectivity index (χ3n) is 5.76. The zero-order chi connectivity index (χ0) is 19.6. The largest absolute Gasteiger partial charge is 0.354 e. The molecular formula is C23H17ClN2O2. The predicted octanol–water partition coefficient (Wildman–Crippen LogP) is 6.70. The zero-order valence-corrected chi connectivity index (χ0v) is 16.2. The molecule has 0 aliphatic heterocycles. The van der Waals surface area contributed by atoms with E-state index in [-0.39, 0.29) is 16.0 Å². The van der Waals surface area contributed by atoms with E-state index in [1.54, 1.807) is 12.1 Å². The Hall–Kier alpha value is -3.11. The van der Waals surface area contributed by atoms with E-state index >= 15 is 0 Å². The molecule has 1 heterocycles. The molecule has 138 valence electrons. The molecule has 28 heavy (non-hydrogen) atoms. The highest BCUT2D eigenvalue weighted by atomic mass is 35.5. The number of hydrogen-bond acceptors (Lipinski definition) is 2. The number of nitro benzene ring substituents is 1. The minimum atomic E-state index is -0.350. The molecule has 0 saturated heterocycles. The minimum Gasteiger partial charge on any atom is -0.354 e. The number of nitro groups is 1. The standard InChI is InChI=1S/C23H17ClN2O2/c1-23(2)17-8-4-3-6-15(17)22-21(23)20-14(7-5-9-18(20)25-22)16-12-13(24)10-11-19(16)26(27)28/h3-12,25H,1-2H3. The normalized spacial score (nSPS) is 14.1. The van der Waals surface area contributed by atoms with Crippen LogP contribution in [0.4, 0.5) is 5.69 Å². The van der Waals surface area contributed by atoms with Crippen molar-refractivity contribution in [2.45, 2.75) is 19.3 Å². The molecule has 0 bridgehead atoms. The summed E-state index contributed by atoms with van der Waals surface area (Å²) in [5.41, 5.74) is 6.88. The second-order valence-electron chi connectivity index (χ2n) is 7.69. The lowest BCUT2D eigenvalue weighted by atomic mass is 9.80. The Morgan fingerprint density at radius 3 is 2.50 bits per heavy atom. The third-order valence-corrected chi connectivity index (χ3v) is 6.00. The number of H-pyrrole nitrogens is 1. The van der Waals surface area contributed by atoms with Gasteiger partial charge in [-0.2, -0.15) is 0 Å². The van der Waals surface area contributed by atoms with Crippen LogP contribution in [0.1, 0.15) is 25.0 Å². The maximum Gasteiger partial charge on any atom is 0.277 e. The molecule has 1 aliphatic carbocycles. The summed E-state index contributed by atoms with van der Waals surface area (Å²) >= 11 is 6.21. The molecular weight excluding hydrogens is 372 g/mol. The molecule has 0 fully saturated rings. The summed E-state index contributed by atoms with van der Waals surface area (Å²) in [5.74, 6) is 0. The third kappa shape index (κ3) is 2.18. The Kier molecular flexibility index (Phi) is 3.46. The van der Waals surface area contributed by atoms with Gasteiger partial charge in [0.25, 0.3) is 5.69 Å². The first-order valence-electron chi connectivity index (χ1n) is 9.09. The fourth-order valence-corrected chi connectivity index (χ4v) is 4.74. The SMILES string of the molecule is CC1(C)c2ccccc2-c2[nH]c3cccc(-c4cc(Cl)ccc4[N+](=O)[O-])c3c21. The van der Waals surface area contributed by atoms with Crippen LogP contribution in [0.2, 0.25) is 5.02 Å². The molecule has 0 spiro atoms. The number of rotatable bonds is 2. The number of aromatic nitrogens is 1. The van der Waals surface area contributed by atoms with Gasteiger partial charge in [0.05, 0.1) is 16.2 Å². The van der Waals surface area contributed by atoms with Crippen LogP contribution in [0.25, 0.3) is 33.3 Å². The van der Waals surface area contributed by atoms with E-state index in [1.165, 1.54) is 22.8 Å². The highest BCUT2D eigenvalue weighted by Gasteiger charge is 2.39.